The van der Waals surface area contributed by atoms with Gasteiger partial charge in [0.1, 0.15) is 5.82 Å². The lowest BCUT2D eigenvalue weighted by atomic mass is 9.95. The van der Waals surface area contributed by atoms with Crippen molar-refractivity contribution >= 4 is 0 Å². The first-order valence-electron chi connectivity index (χ1n) is 7.21. The van der Waals surface area contributed by atoms with E-state index in [9.17, 15) is 0 Å². The summed E-state index contributed by atoms with van der Waals surface area (Å²) in [6.07, 6.45) is 7.90. The largest absolute Gasteiger partial charge is 0.331 e. The van der Waals surface area contributed by atoms with Crippen molar-refractivity contribution in [3.63, 3.8) is 0 Å². The molecule has 0 saturated carbocycles. The van der Waals surface area contributed by atoms with Crippen molar-refractivity contribution in [2.75, 3.05) is 13.1 Å². The van der Waals surface area contributed by atoms with Gasteiger partial charge in [-0.3, -0.25) is 0 Å². The van der Waals surface area contributed by atoms with E-state index >= 15 is 0 Å². The van der Waals surface area contributed by atoms with Crippen LogP contribution in [0.25, 0.3) is 11.4 Å². The average Bonchev–Trinajstić information content (AvgIpc) is 2.95. The number of hydrogen-bond acceptors (Lipinski definition) is 2. The number of aryl methyl sites for hydroxylation is 1. The van der Waals surface area contributed by atoms with Gasteiger partial charge in [0.25, 0.3) is 0 Å². The molecule has 0 radical (unpaired) electrons. The van der Waals surface area contributed by atoms with Crippen molar-refractivity contribution in [2.24, 2.45) is 5.92 Å². The highest BCUT2D eigenvalue weighted by atomic mass is 15.1. The summed E-state index contributed by atoms with van der Waals surface area (Å²) in [5.74, 6) is 1.96. The molecule has 0 spiro atoms. The molecule has 1 aromatic carbocycles. The highest BCUT2D eigenvalue weighted by Gasteiger charge is 2.13. The molecule has 0 amide bonds. The minimum absolute atomic E-state index is 0.868. The monoisotopic (exact) mass is 255 g/mol. The molecule has 1 aliphatic heterocycles. The standard InChI is InChI=1S/C16H21N3/c1-2-4-15(5-3-1)16-18-11-13-19(16)12-8-14-6-9-17-10-7-14/h1-5,11,13-14,17H,6-10,12H2. The Balaban J connectivity index is 1.67. The maximum absolute atomic E-state index is 4.50. The van der Waals surface area contributed by atoms with Crippen LogP contribution in [0.3, 0.4) is 0 Å². The van der Waals surface area contributed by atoms with E-state index in [1.165, 1.54) is 37.9 Å². The lowest BCUT2D eigenvalue weighted by Crippen LogP contribution is -2.28. The van der Waals surface area contributed by atoms with Crippen LogP contribution in [0.1, 0.15) is 19.3 Å². The zero-order valence-corrected chi connectivity index (χ0v) is 11.3. The van der Waals surface area contributed by atoms with Crippen LogP contribution in [0.5, 0.6) is 0 Å². The summed E-state index contributed by atoms with van der Waals surface area (Å²) in [5, 5.41) is 3.43. The van der Waals surface area contributed by atoms with Crippen molar-refractivity contribution in [1.29, 1.82) is 0 Å². The molecule has 1 saturated heterocycles. The van der Waals surface area contributed by atoms with E-state index in [2.05, 4.69) is 45.3 Å². The summed E-state index contributed by atoms with van der Waals surface area (Å²) in [6, 6.07) is 10.4. The van der Waals surface area contributed by atoms with E-state index in [-0.39, 0.29) is 0 Å². The smallest absolute Gasteiger partial charge is 0.139 e. The summed E-state index contributed by atoms with van der Waals surface area (Å²) in [4.78, 5) is 4.50. The highest BCUT2D eigenvalue weighted by Crippen LogP contribution is 2.20. The maximum atomic E-state index is 4.50. The first-order chi connectivity index (χ1) is 9.43. The third kappa shape index (κ3) is 3.04. The van der Waals surface area contributed by atoms with Gasteiger partial charge >= 0.3 is 0 Å². The SMILES string of the molecule is c1ccc(-c2nccn2CCC2CCNCC2)cc1. The molecule has 1 aromatic heterocycles. The predicted molar refractivity (Wildman–Crippen MR) is 77.9 cm³/mol. The zero-order chi connectivity index (χ0) is 12.9. The molecule has 1 aliphatic rings. The van der Waals surface area contributed by atoms with E-state index in [1.807, 2.05) is 12.3 Å². The number of hydrogen-bond donors (Lipinski definition) is 1. The predicted octanol–water partition coefficient (Wildman–Crippen LogP) is 2.94. The van der Waals surface area contributed by atoms with Gasteiger partial charge in [-0.1, -0.05) is 30.3 Å². The summed E-state index contributed by atoms with van der Waals surface area (Å²) in [7, 11) is 0. The Hall–Kier alpha value is -1.61. The van der Waals surface area contributed by atoms with Crippen LogP contribution in [0.2, 0.25) is 0 Å². The minimum Gasteiger partial charge on any atom is -0.331 e. The van der Waals surface area contributed by atoms with E-state index in [0.29, 0.717) is 0 Å². The van der Waals surface area contributed by atoms with Gasteiger partial charge in [-0.2, -0.15) is 0 Å². The molecular weight excluding hydrogens is 234 g/mol. The van der Waals surface area contributed by atoms with Crippen LogP contribution in [0, 0.1) is 5.92 Å². The topological polar surface area (TPSA) is 29.9 Å². The Morgan fingerprint density at radius 3 is 2.74 bits per heavy atom. The Kier molecular flexibility index (Phi) is 3.94. The number of aromatic nitrogens is 2. The molecule has 2 heterocycles. The maximum Gasteiger partial charge on any atom is 0.139 e. The molecule has 19 heavy (non-hydrogen) atoms. The third-order valence-electron chi connectivity index (χ3n) is 3.98. The van der Waals surface area contributed by atoms with Gasteiger partial charge in [0.2, 0.25) is 0 Å². The molecule has 0 unspecified atom stereocenters. The van der Waals surface area contributed by atoms with Gasteiger partial charge < -0.3 is 9.88 Å². The van der Waals surface area contributed by atoms with Gasteiger partial charge in [0.15, 0.2) is 0 Å². The fraction of sp³-hybridized carbons (Fsp3) is 0.438. The van der Waals surface area contributed by atoms with Crippen LogP contribution >= 0.6 is 0 Å². The minimum atomic E-state index is 0.868. The van der Waals surface area contributed by atoms with Crippen LogP contribution in [-0.4, -0.2) is 22.6 Å². The number of nitrogens with one attached hydrogen (secondary N) is 1. The molecular formula is C16H21N3. The molecule has 3 heteroatoms. The molecule has 3 rings (SSSR count). The van der Waals surface area contributed by atoms with Crippen LogP contribution in [0.15, 0.2) is 42.7 Å². The lowest BCUT2D eigenvalue weighted by Gasteiger charge is -2.22. The van der Waals surface area contributed by atoms with Crippen molar-refractivity contribution in [1.82, 2.24) is 14.9 Å². The quantitative estimate of drug-likeness (QED) is 0.910. The summed E-state index contributed by atoms with van der Waals surface area (Å²) in [6.45, 7) is 3.44. The Morgan fingerprint density at radius 1 is 1.16 bits per heavy atom. The summed E-state index contributed by atoms with van der Waals surface area (Å²) >= 11 is 0. The third-order valence-corrected chi connectivity index (χ3v) is 3.98. The van der Waals surface area contributed by atoms with Crippen molar-refractivity contribution in [2.45, 2.75) is 25.8 Å². The van der Waals surface area contributed by atoms with E-state index < -0.39 is 0 Å². The number of rotatable bonds is 4. The van der Waals surface area contributed by atoms with E-state index in [0.717, 1.165) is 18.3 Å². The lowest BCUT2D eigenvalue weighted by molar-refractivity contribution is 0.338. The second kappa shape index (κ2) is 6.02. The second-order valence-corrected chi connectivity index (χ2v) is 5.29. The first-order valence-corrected chi connectivity index (χ1v) is 7.21. The highest BCUT2D eigenvalue weighted by molar-refractivity contribution is 5.54. The number of nitrogens with zero attached hydrogens (tertiary/aromatic N) is 2. The van der Waals surface area contributed by atoms with Crippen LogP contribution in [0.4, 0.5) is 0 Å². The Morgan fingerprint density at radius 2 is 1.95 bits per heavy atom. The number of imidazole rings is 1. The first kappa shape index (κ1) is 12.4. The van der Waals surface area contributed by atoms with Crippen LogP contribution in [-0.2, 0) is 6.54 Å². The molecule has 0 aliphatic carbocycles. The zero-order valence-electron chi connectivity index (χ0n) is 11.3. The van der Waals surface area contributed by atoms with Crippen LogP contribution < -0.4 is 5.32 Å². The van der Waals surface area contributed by atoms with Crippen molar-refractivity contribution < 1.29 is 0 Å². The molecule has 1 fully saturated rings. The molecule has 0 bridgehead atoms. The number of benzene rings is 1. The van der Waals surface area contributed by atoms with Gasteiger partial charge in [-0.25, -0.2) is 4.98 Å². The Bertz CT molecular complexity index is 498. The fourth-order valence-electron chi connectivity index (χ4n) is 2.83. The second-order valence-electron chi connectivity index (χ2n) is 5.29. The molecule has 3 nitrogen and oxygen atoms in total. The van der Waals surface area contributed by atoms with E-state index in [4.69, 9.17) is 0 Å². The van der Waals surface area contributed by atoms with Crippen molar-refractivity contribution in [3.8, 4) is 11.4 Å². The summed E-state index contributed by atoms with van der Waals surface area (Å²) < 4.78 is 2.29. The fourth-order valence-corrected chi connectivity index (χ4v) is 2.83. The van der Waals surface area contributed by atoms with Gasteiger partial charge in [0.05, 0.1) is 0 Å². The molecule has 1 N–H and O–H groups in total. The molecule has 100 valence electrons. The van der Waals surface area contributed by atoms with Gasteiger partial charge in [-0.05, 0) is 38.3 Å². The Labute approximate surface area is 114 Å². The van der Waals surface area contributed by atoms with E-state index in [1.54, 1.807) is 0 Å². The number of piperidine rings is 1. The molecule has 2 aromatic rings. The summed E-state index contributed by atoms with van der Waals surface area (Å²) in [5.41, 5.74) is 1.21. The van der Waals surface area contributed by atoms with Gasteiger partial charge in [0, 0.05) is 24.5 Å². The average molecular weight is 255 g/mol. The normalized spacial score (nSPS) is 16.6. The van der Waals surface area contributed by atoms with Gasteiger partial charge in [-0.15, -0.1) is 0 Å². The van der Waals surface area contributed by atoms with Crippen molar-refractivity contribution in [3.05, 3.63) is 42.7 Å². The molecule has 0 atom stereocenters.